The molecule has 0 atom stereocenters. The van der Waals surface area contributed by atoms with Gasteiger partial charge in [-0.3, -0.25) is 4.79 Å². The van der Waals surface area contributed by atoms with E-state index < -0.39 is 0 Å². The zero-order valence-electron chi connectivity index (χ0n) is 9.75. The second-order valence-electron chi connectivity index (χ2n) is 3.84. The summed E-state index contributed by atoms with van der Waals surface area (Å²) in [7, 11) is 0. The molecule has 86 valence electrons. The van der Waals surface area contributed by atoms with Gasteiger partial charge in [-0.15, -0.1) is 0 Å². The first-order valence-electron chi connectivity index (χ1n) is 5.18. The molecule has 1 rings (SSSR count). The first kappa shape index (κ1) is 12.3. The monoisotopic (exact) mass is 219 g/mol. The summed E-state index contributed by atoms with van der Waals surface area (Å²) in [5.74, 6) is 0.579. The number of hydrogen-bond donors (Lipinski definition) is 1. The Hall–Kier alpha value is -1.77. The maximum absolute atomic E-state index is 11.3. The van der Waals surface area contributed by atoms with Crippen LogP contribution in [0.15, 0.2) is 36.4 Å². The Balaban J connectivity index is 2.34. The third kappa shape index (κ3) is 4.64. The summed E-state index contributed by atoms with van der Waals surface area (Å²) >= 11 is 0. The van der Waals surface area contributed by atoms with E-state index in [-0.39, 0.29) is 12.5 Å². The molecule has 0 unspecified atom stereocenters. The first-order chi connectivity index (χ1) is 7.58. The third-order valence-corrected chi connectivity index (χ3v) is 1.95. The largest absolute Gasteiger partial charge is 0.484 e. The molecule has 1 aromatic carbocycles. The van der Waals surface area contributed by atoms with Crippen molar-refractivity contribution in [2.75, 3.05) is 13.2 Å². The molecule has 3 heteroatoms. The van der Waals surface area contributed by atoms with Gasteiger partial charge in [-0.2, -0.15) is 0 Å². The van der Waals surface area contributed by atoms with Crippen LogP contribution in [0.25, 0.3) is 0 Å². The molecule has 0 bridgehead atoms. The van der Waals surface area contributed by atoms with Crippen molar-refractivity contribution in [1.82, 2.24) is 5.32 Å². The Morgan fingerprint density at radius 2 is 2.25 bits per heavy atom. The maximum atomic E-state index is 11.3. The van der Waals surface area contributed by atoms with Crippen molar-refractivity contribution in [3.05, 3.63) is 42.0 Å². The highest BCUT2D eigenvalue weighted by atomic mass is 16.5. The third-order valence-electron chi connectivity index (χ3n) is 1.95. The Morgan fingerprint density at radius 1 is 1.50 bits per heavy atom. The zero-order chi connectivity index (χ0) is 12.0. The lowest BCUT2D eigenvalue weighted by molar-refractivity contribution is -0.122. The summed E-state index contributed by atoms with van der Waals surface area (Å²) in [5, 5.41) is 2.70. The van der Waals surface area contributed by atoms with Gasteiger partial charge in [0.25, 0.3) is 5.91 Å². The number of aryl methyl sites for hydroxylation is 1. The molecular formula is C13H17NO2. The molecule has 0 aliphatic heterocycles. The van der Waals surface area contributed by atoms with E-state index in [0.717, 1.165) is 11.1 Å². The molecule has 0 radical (unpaired) electrons. The Kier molecular flexibility index (Phi) is 4.58. The van der Waals surface area contributed by atoms with Gasteiger partial charge in [0.05, 0.1) is 0 Å². The van der Waals surface area contributed by atoms with Gasteiger partial charge in [0, 0.05) is 6.54 Å². The molecule has 0 aliphatic carbocycles. The van der Waals surface area contributed by atoms with Gasteiger partial charge in [0.1, 0.15) is 5.75 Å². The van der Waals surface area contributed by atoms with E-state index >= 15 is 0 Å². The summed E-state index contributed by atoms with van der Waals surface area (Å²) in [4.78, 5) is 11.3. The quantitative estimate of drug-likeness (QED) is 0.770. The van der Waals surface area contributed by atoms with Crippen LogP contribution in [0, 0.1) is 6.92 Å². The SMILES string of the molecule is C=C(C)CNC(=O)COc1cccc(C)c1. The molecular weight excluding hydrogens is 202 g/mol. The number of nitrogens with one attached hydrogen (secondary N) is 1. The van der Waals surface area contributed by atoms with Crippen LogP contribution >= 0.6 is 0 Å². The standard InChI is InChI=1S/C13H17NO2/c1-10(2)8-14-13(15)9-16-12-6-4-5-11(3)7-12/h4-7H,1,8-9H2,2-3H3,(H,14,15). The molecule has 0 saturated carbocycles. The van der Waals surface area contributed by atoms with Crippen LogP contribution in [0.2, 0.25) is 0 Å². The fraction of sp³-hybridized carbons (Fsp3) is 0.308. The predicted molar refractivity (Wildman–Crippen MR) is 64.5 cm³/mol. The molecule has 0 fully saturated rings. The van der Waals surface area contributed by atoms with Gasteiger partial charge in [-0.25, -0.2) is 0 Å². The summed E-state index contributed by atoms with van der Waals surface area (Å²) in [6.07, 6.45) is 0. The highest BCUT2D eigenvalue weighted by Crippen LogP contribution is 2.11. The number of ether oxygens (including phenoxy) is 1. The minimum Gasteiger partial charge on any atom is -0.484 e. The minimum atomic E-state index is -0.135. The minimum absolute atomic E-state index is 0.0384. The number of amides is 1. The van der Waals surface area contributed by atoms with Gasteiger partial charge in [0.2, 0.25) is 0 Å². The summed E-state index contributed by atoms with van der Waals surface area (Å²) in [6, 6.07) is 7.61. The summed E-state index contributed by atoms with van der Waals surface area (Å²) in [6.45, 7) is 8.08. The van der Waals surface area contributed by atoms with Gasteiger partial charge in [-0.1, -0.05) is 24.3 Å². The molecule has 0 aliphatic rings. The molecule has 0 aromatic heterocycles. The van der Waals surface area contributed by atoms with Crippen molar-refractivity contribution in [3.8, 4) is 5.75 Å². The number of rotatable bonds is 5. The molecule has 3 nitrogen and oxygen atoms in total. The molecule has 16 heavy (non-hydrogen) atoms. The second-order valence-corrected chi connectivity index (χ2v) is 3.84. The van der Waals surface area contributed by atoms with E-state index in [0.29, 0.717) is 12.3 Å². The smallest absolute Gasteiger partial charge is 0.258 e. The molecule has 0 heterocycles. The lowest BCUT2D eigenvalue weighted by atomic mass is 10.2. The number of benzene rings is 1. The van der Waals surface area contributed by atoms with E-state index in [2.05, 4.69) is 11.9 Å². The van der Waals surface area contributed by atoms with Crippen LogP contribution < -0.4 is 10.1 Å². The normalized spacial score (nSPS) is 9.62. The fourth-order valence-electron chi connectivity index (χ4n) is 1.15. The molecule has 1 aromatic rings. The Bertz CT molecular complexity index is 385. The van der Waals surface area contributed by atoms with Crippen molar-refractivity contribution in [2.24, 2.45) is 0 Å². The van der Waals surface area contributed by atoms with E-state index in [9.17, 15) is 4.79 Å². The molecule has 1 amide bonds. The Labute approximate surface area is 96.1 Å². The summed E-state index contributed by atoms with van der Waals surface area (Å²) in [5.41, 5.74) is 2.03. The van der Waals surface area contributed by atoms with Crippen LogP contribution in [-0.4, -0.2) is 19.1 Å². The van der Waals surface area contributed by atoms with Crippen molar-refractivity contribution in [1.29, 1.82) is 0 Å². The van der Waals surface area contributed by atoms with Crippen LogP contribution in [0.4, 0.5) is 0 Å². The number of carbonyl (C=O) groups is 1. The van der Waals surface area contributed by atoms with Crippen LogP contribution in [0.5, 0.6) is 5.75 Å². The topological polar surface area (TPSA) is 38.3 Å². The molecule has 0 saturated heterocycles. The lowest BCUT2D eigenvalue weighted by Gasteiger charge is -2.07. The number of carbonyl (C=O) groups excluding carboxylic acids is 1. The average Bonchev–Trinajstić information content (AvgIpc) is 2.23. The van der Waals surface area contributed by atoms with Gasteiger partial charge in [-0.05, 0) is 31.5 Å². The van der Waals surface area contributed by atoms with Crippen molar-refractivity contribution < 1.29 is 9.53 Å². The van der Waals surface area contributed by atoms with Crippen molar-refractivity contribution in [2.45, 2.75) is 13.8 Å². The second kappa shape index (κ2) is 5.95. The highest BCUT2D eigenvalue weighted by Gasteiger charge is 2.01. The van der Waals surface area contributed by atoms with Crippen LogP contribution in [0.3, 0.4) is 0 Å². The van der Waals surface area contributed by atoms with E-state index in [4.69, 9.17) is 4.74 Å². The number of hydrogen-bond acceptors (Lipinski definition) is 2. The lowest BCUT2D eigenvalue weighted by Crippen LogP contribution is -2.29. The molecule has 1 N–H and O–H groups in total. The van der Waals surface area contributed by atoms with Gasteiger partial charge < -0.3 is 10.1 Å². The molecule has 0 spiro atoms. The first-order valence-corrected chi connectivity index (χ1v) is 5.18. The van der Waals surface area contributed by atoms with E-state index in [1.807, 2.05) is 38.1 Å². The summed E-state index contributed by atoms with van der Waals surface area (Å²) < 4.78 is 5.34. The van der Waals surface area contributed by atoms with Gasteiger partial charge >= 0.3 is 0 Å². The van der Waals surface area contributed by atoms with Crippen molar-refractivity contribution in [3.63, 3.8) is 0 Å². The van der Waals surface area contributed by atoms with Crippen molar-refractivity contribution >= 4 is 5.91 Å². The predicted octanol–water partition coefficient (Wildman–Crippen LogP) is 2.07. The fourth-order valence-corrected chi connectivity index (χ4v) is 1.15. The maximum Gasteiger partial charge on any atom is 0.258 e. The average molecular weight is 219 g/mol. The van der Waals surface area contributed by atoms with Crippen LogP contribution in [-0.2, 0) is 4.79 Å². The zero-order valence-corrected chi connectivity index (χ0v) is 9.75. The van der Waals surface area contributed by atoms with Gasteiger partial charge in [0.15, 0.2) is 6.61 Å². The highest BCUT2D eigenvalue weighted by molar-refractivity contribution is 5.77. The Morgan fingerprint density at radius 3 is 2.88 bits per heavy atom. The van der Waals surface area contributed by atoms with E-state index in [1.54, 1.807) is 0 Å². The van der Waals surface area contributed by atoms with Crippen LogP contribution in [0.1, 0.15) is 12.5 Å². The van der Waals surface area contributed by atoms with E-state index in [1.165, 1.54) is 0 Å².